The Hall–Kier alpha value is -0.340. The molecule has 1 saturated heterocycles. The first-order chi connectivity index (χ1) is 6.68. The van der Waals surface area contributed by atoms with E-state index in [1.165, 1.54) is 40.7 Å². The fraction of sp³-hybridized carbons (Fsp3) is 0.500. The Bertz CT molecular complexity index is 342. The first-order valence-electron chi connectivity index (χ1n) is 5.14. The van der Waals surface area contributed by atoms with Gasteiger partial charge in [-0.05, 0) is 56.0 Å². The Morgan fingerprint density at radius 3 is 2.64 bits per heavy atom. The van der Waals surface area contributed by atoms with Crippen molar-refractivity contribution in [1.29, 1.82) is 0 Å². The Morgan fingerprint density at radius 2 is 2.07 bits per heavy atom. The molecule has 1 aromatic rings. The van der Waals surface area contributed by atoms with E-state index in [0.717, 1.165) is 5.92 Å². The van der Waals surface area contributed by atoms with Crippen molar-refractivity contribution in [3.05, 3.63) is 33.3 Å². The summed E-state index contributed by atoms with van der Waals surface area (Å²) in [5, 5.41) is 3.32. The SMILES string of the molecule is Cc1ccc(CC2CNC2)c(C)c1Br. The van der Waals surface area contributed by atoms with Crippen molar-refractivity contribution in [2.75, 3.05) is 13.1 Å². The van der Waals surface area contributed by atoms with Gasteiger partial charge in [-0.1, -0.05) is 28.1 Å². The van der Waals surface area contributed by atoms with E-state index >= 15 is 0 Å². The molecule has 14 heavy (non-hydrogen) atoms. The van der Waals surface area contributed by atoms with Gasteiger partial charge < -0.3 is 5.32 Å². The van der Waals surface area contributed by atoms with Gasteiger partial charge in [0.2, 0.25) is 0 Å². The Kier molecular flexibility index (Phi) is 2.93. The molecule has 1 aromatic carbocycles. The smallest absolute Gasteiger partial charge is 0.0236 e. The van der Waals surface area contributed by atoms with Crippen molar-refractivity contribution in [3.8, 4) is 0 Å². The molecule has 1 heterocycles. The molecule has 2 rings (SSSR count). The van der Waals surface area contributed by atoms with Crippen LogP contribution < -0.4 is 5.32 Å². The van der Waals surface area contributed by atoms with Gasteiger partial charge in [-0.3, -0.25) is 0 Å². The number of hydrogen-bond acceptors (Lipinski definition) is 1. The highest BCUT2D eigenvalue weighted by Crippen LogP contribution is 2.26. The lowest BCUT2D eigenvalue weighted by Crippen LogP contribution is -2.43. The summed E-state index contributed by atoms with van der Waals surface area (Å²) in [5.41, 5.74) is 4.24. The third kappa shape index (κ3) is 1.86. The van der Waals surface area contributed by atoms with E-state index in [2.05, 4.69) is 47.2 Å². The van der Waals surface area contributed by atoms with Gasteiger partial charge in [0.1, 0.15) is 0 Å². The zero-order valence-electron chi connectivity index (χ0n) is 8.73. The zero-order chi connectivity index (χ0) is 10.1. The van der Waals surface area contributed by atoms with E-state index in [1.807, 2.05) is 0 Å². The molecule has 0 bridgehead atoms. The van der Waals surface area contributed by atoms with Crippen molar-refractivity contribution in [2.45, 2.75) is 20.3 Å². The molecule has 1 aliphatic heterocycles. The molecule has 1 fully saturated rings. The predicted octanol–water partition coefficient (Wildman–Crippen LogP) is 2.83. The molecule has 0 atom stereocenters. The van der Waals surface area contributed by atoms with Gasteiger partial charge >= 0.3 is 0 Å². The maximum atomic E-state index is 3.64. The predicted molar refractivity (Wildman–Crippen MR) is 63.7 cm³/mol. The number of halogens is 1. The van der Waals surface area contributed by atoms with Gasteiger partial charge in [0, 0.05) is 4.47 Å². The fourth-order valence-electron chi connectivity index (χ4n) is 1.89. The van der Waals surface area contributed by atoms with Gasteiger partial charge in [-0.15, -0.1) is 0 Å². The molecule has 0 unspecified atom stereocenters. The average Bonchev–Trinajstić information content (AvgIpc) is 2.10. The summed E-state index contributed by atoms with van der Waals surface area (Å²) < 4.78 is 1.28. The Labute approximate surface area is 94.0 Å². The van der Waals surface area contributed by atoms with Crippen molar-refractivity contribution >= 4 is 15.9 Å². The molecule has 0 aliphatic carbocycles. The van der Waals surface area contributed by atoms with Gasteiger partial charge in [-0.2, -0.15) is 0 Å². The van der Waals surface area contributed by atoms with Crippen molar-refractivity contribution < 1.29 is 0 Å². The van der Waals surface area contributed by atoms with Crippen LogP contribution >= 0.6 is 15.9 Å². The molecule has 1 N–H and O–H groups in total. The van der Waals surface area contributed by atoms with E-state index in [1.54, 1.807) is 0 Å². The standard InChI is InChI=1S/C12H16BrN/c1-8-3-4-11(9(2)12(8)13)5-10-6-14-7-10/h3-4,10,14H,5-7H2,1-2H3. The average molecular weight is 254 g/mol. The molecule has 0 spiro atoms. The van der Waals surface area contributed by atoms with Crippen LogP contribution in [0.2, 0.25) is 0 Å². The summed E-state index contributed by atoms with van der Waals surface area (Å²) >= 11 is 3.64. The lowest BCUT2D eigenvalue weighted by molar-refractivity contribution is 0.346. The van der Waals surface area contributed by atoms with E-state index in [-0.39, 0.29) is 0 Å². The van der Waals surface area contributed by atoms with Gasteiger partial charge in [0.05, 0.1) is 0 Å². The third-order valence-electron chi connectivity index (χ3n) is 3.07. The molecule has 2 heteroatoms. The molecule has 0 radical (unpaired) electrons. The molecule has 1 nitrogen and oxygen atoms in total. The van der Waals surface area contributed by atoms with Crippen LogP contribution in [-0.4, -0.2) is 13.1 Å². The lowest BCUT2D eigenvalue weighted by atomic mass is 9.91. The summed E-state index contributed by atoms with van der Waals surface area (Å²) in [4.78, 5) is 0. The van der Waals surface area contributed by atoms with Gasteiger partial charge in [0.25, 0.3) is 0 Å². The van der Waals surface area contributed by atoms with Crippen LogP contribution in [0.15, 0.2) is 16.6 Å². The summed E-state index contributed by atoms with van der Waals surface area (Å²) in [6, 6.07) is 4.48. The van der Waals surface area contributed by atoms with E-state index < -0.39 is 0 Å². The number of benzene rings is 1. The molecule has 0 amide bonds. The second-order valence-electron chi connectivity index (χ2n) is 4.21. The topological polar surface area (TPSA) is 12.0 Å². The highest BCUT2D eigenvalue weighted by molar-refractivity contribution is 9.10. The highest BCUT2D eigenvalue weighted by Gasteiger charge is 2.18. The maximum Gasteiger partial charge on any atom is 0.0236 e. The molecular formula is C12H16BrN. The summed E-state index contributed by atoms with van der Waals surface area (Å²) in [7, 11) is 0. The minimum Gasteiger partial charge on any atom is -0.316 e. The van der Waals surface area contributed by atoms with Crippen LogP contribution in [0.5, 0.6) is 0 Å². The van der Waals surface area contributed by atoms with E-state index in [0.29, 0.717) is 0 Å². The van der Waals surface area contributed by atoms with Gasteiger partial charge in [0.15, 0.2) is 0 Å². The minimum absolute atomic E-state index is 0.850. The monoisotopic (exact) mass is 253 g/mol. The van der Waals surface area contributed by atoms with Crippen LogP contribution in [0.3, 0.4) is 0 Å². The normalized spacial score (nSPS) is 16.8. The molecule has 1 aliphatic rings. The fourth-order valence-corrected chi connectivity index (χ4v) is 2.27. The second-order valence-corrected chi connectivity index (χ2v) is 5.00. The first-order valence-corrected chi connectivity index (χ1v) is 5.93. The van der Waals surface area contributed by atoms with Crippen LogP contribution in [-0.2, 0) is 6.42 Å². The second kappa shape index (κ2) is 4.03. The number of hydrogen-bond donors (Lipinski definition) is 1. The van der Waals surface area contributed by atoms with Crippen LogP contribution in [0.4, 0.5) is 0 Å². The molecular weight excluding hydrogens is 238 g/mol. The quantitative estimate of drug-likeness (QED) is 0.855. The molecule has 0 saturated carbocycles. The Balaban J connectivity index is 2.20. The third-order valence-corrected chi connectivity index (χ3v) is 4.29. The van der Waals surface area contributed by atoms with Gasteiger partial charge in [-0.25, -0.2) is 0 Å². The molecule has 76 valence electrons. The van der Waals surface area contributed by atoms with Crippen LogP contribution in [0.25, 0.3) is 0 Å². The number of rotatable bonds is 2. The Morgan fingerprint density at radius 1 is 1.36 bits per heavy atom. The maximum absolute atomic E-state index is 3.64. The highest BCUT2D eigenvalue weighted by atomic mass is 79.9. The van der Waals surface area contributed by atoms with Crippen LogP contribution in [0, 0.1) is 19.8 Å². The zero-order valence-corrected chi connectivity index (χ0v) is 10.3. The van der Waals surface area contributed by atoms with Crippen LogP contribution in [0.1, 0.15) is 16.7 Å². The summed E-state index contributed by atoms with van der Waals surface area (Å²) in [6.45, 7) is 6.72. The van der Waals surface area contributed by atoms with E-state index in [4.69, 9.17) is 0 Å². The van der Waals surface area contributed by atoms with Crippen molar-refractivity contribution in [1.82, 2.24) is 5.32 Å². The summed E-state index contributed by atoms with van der Waals surface area (Å²) in [6.07, 6.45) is 1.22. The largest absolute Gasteiger partial charge is 0.316 e. The minimum atomic E-state index is 0.850. The lowest BCUT2D eigenvalue weighted by Gasteiger charge is -2.28. The van der Waals surface area contributed by atoms with E-state index in [9.17, 15) is 0 Å². The van der Waals surface area contributed by atoms with Crippen molar-refractivity contribution in [2.24, 2.45) is 5.92 Å². The first kappa shape index (κ1) is 10.2. The van der Waals surface area contributed by atoms with Crippen molar-refractivity contribution in [3.63, 3.8) is 0 Å². The molecule has 0 aromatic heterocycles. The number of aryl methyl sites for hydroxylation is 1. The summed E-state index contributed by atoms with van der Waals surface area (Å²) in [5.74, 6) is 0.850. The number of nitrogens with one attached hydrogen (secondary N) is 1.